The van der Waals surface area contributed by atoms with Gasteiger partial charge >= 0.3 is 6.16 Å². The molecule has 1 N–H and O–H groups in total. The molecule has 0 fully saturated rings. The first-order valence-electron chi connectivity index (χ1n) is 15.7. The molecule has 0 saturated carbocycles. The van der Waals surface area contributed by atoms with Crippen LogP contribution in [0.4, 0.5) is 4.79 Å². The van der Waals surface area contributed by atoms with Crippen molar-refractivity contribution in [3.63, 3.8) is 0 Å². The van der Waals surface area contributed by atoms with E-state index in [0.717, 1.165) is 41.5 Å². The highest BCUT2D eigenvalue weighted by atomic mass is 16.7. The monoisotopic (exact) mass is 563 g/mol. The lowest BCUT2D eigenvalue weighted by Crippen LogP contribution is -2.12. The van der Waals surface area contributed by atoms with Gasteiger partial charge in [-0.15, -0.1) is 0 Å². The van der Waals surface area contributed by atoms with Crippen LogP contribution in [-0.2, 0) is 6.54 Å². The molecule has 0 atom stereocenters. The van der Waals surface area contributed by atoms with Gasteiger partial charge in [0.15, 0.2) is 5.78 Å². The Balaban J connectivity index is 1.48. The Labute approximate surface area is 246 Å². The molecule has 3 aromatic rings. The Bertz CT molecular complexity index is 1200. The predicted octanol–water partition coefficient (Wildman–Crippen LogP) is 10.2. The molecule has 0 unspecified atom stereocenters. The number of carbonyl (C=O) groups excluding carboxylic acids is 1. The van der Waals surface area contributed by atoms with Crippen LogP contribution in [0.5, 0.6) is 11.6 Å². The van der Waals surface area contributed by atoms with Crippen LogP contribution >= 0.6 is 0 Å². The zero-order valence-corrected chi connectivity index (χ0v) is 25.2. The molecular formula is C35H49NO5. The Morgan fingerprint density at radius 2 is 1.27 bits per heavy atom. The van der Waals surface area contributed by atoms with Gasteiger partial charge in [-0.25, -0.2) is 4.79 Å². The SMILES string of the molecule is CCCCCCCCCCCCCCCCCC(=O)c1c(OC(=O)O)n(Cc2ccc(OC)cc2)c2ccccc12. The summed E-state index contributed by atoms with van der Waals surface area (Å²) >= 11 is 0. The number of carbonyl (C=O) groups is 2. The number of nitrogens with zero attached hydrogens (tertiary/aromatic N) is 1. The summed E-state index contributed by atoms with van der Waals surface area (Å²) in [5.41, 5.74) is 2.09. The van der Waals surface area contributed by atoms with E-state index in [1.54, 1.807) is 11.7 Å². The lowest BCUT2D eigenvalue weighted by atomic mass is 10.0. The van der Waals surface area contributed by atoms with Gasteiger partial charge in [-0.2, -0.15) is 0 Å². The number of aromatic nitrogens is 1. The Hall–Kier alpha value is -3.28. The van der Waals surface area contributed by atoms with Crippen molar-refractivity contribution in [1.29, 1.82) is 0 Å². The minimum absolute atomic E-state index is 0.0689. The third-order valence-electron chi connectivity index (χ3n) is 7.89. The van der Waals surface area contributed by atoms with E-state index in [9.17, 15) is 14.7 Å². The fourth-order valence-electron chi connectivity index (χ4n) is 5.59. The molecule has 0 aliphatic heterocycles. The maximum Gasteiger partial charge on any atom is 0.512 e. The van der Waals surface area contributed by atoms with Crippen molar-refractivity contribution < 1.29 is 24.2 Å². The van der Waals surface area contributed by atoms with Crippen molar-refractivity contribution in [2.45, 2.75) is 116 Å². The number of para-hydroxylation sites is 1. The van der Waals surface area contributed by atoms with Crippen LogP contribution in [0.15, 0.2) is 48.5 Å². The smallest absolute Gasteiger partial charge is 0.497 e. The van der Waals surface area contributed by atoms with E-state index in [2.05, 4.69) is 6.92 Å². The number of hydrogen-bond donors (Lipinski definition) is 1. The number of ketones is 1. The summed E-state index contributed by atoms with van der Waals surface area (Å²) in [5, 5.41) is 10.2. The molecule has 0 aliphatic rings. The van der Waals surface area contributed by atoms with Crippen LogP contribution in [0.25, 0.3) is 10.9 Å². The summed E-state index contributed by atoms with van der Waals surface area (Å²) in [5.74, 6) is 0.772. The molecule has 0 aliphatic carbocycles. The molecule has 1 aromatic heterocycles. The predicted molar refractivity (Wildman–Crippen MR) is 167 cm³/mol. The second-order valence-electron chi connectivity index (χ2n) is 11.1. The molecule has 0 amide bonds. The summed E-state index contributed by atoms with van der Waals surface area (Å²) in [4.78, 5) is 25.1. The minimum atomic E-state index is -1.43. The van der Waals surface area contributed by atoms with Gasteiger partial charge in [-0.1, -0.05) is 127 Å². The number of hydrogen-bond acceptors (Lipinski definition) is 4. The van der Waals surface area contributed by atoms with Crippen molar-refractivity contribution in [2.75, 3.05) is 7.11 Å². The van der Waals surface area contributed by atoms with Gasteiger partial charge < -0.3 is 19.1 Å². The molecule has 0 bridgehead atoms. The fraction of sp³-hybridized carbons (Fsp3) is 0.543. The van der Waals surface area contributed by atoms with E-state index in [-0.39, 0.29) is 11.7 Å². The summed E-state index contributed by atoms with van der Waals surface area (Å²) in [7, 11) is 1.61. The van der Waals surface area contributed by atoms with Crippen molar-refractivity contribution in [2.24, 2.45) is 0 Å². The van der Waals surface area contributed by atoms with Crippen molar-refractivity contribution in [3.05, 3.63) is 59.7 Å². The number of ether oxygens (including phenoxy) is 2. The average molecular weight is 564 g/mol. The van der Waals surface area contributed by atoms with Crippen molar-refractivity contribution >= 4 is 22.8 Å². The minimum Gasteiger partial charge on any atom is -0.497 e. The summed E-state index contributed by atoms with van der Waals surface area (Å²) in [6.45, 7) is 2.64. The maximum atomic E-state index is 13.4. The number of benzene rings is 2. The largest absolute Gasteiger partial charge is 0.512 e. The molecule has 0 saturated heterocycles. The molecule has 2 aromatic carbocycles. The third kappa shape index (κ3) is 10.6. The standard InChI is InChI=1S/C35H49NO5/c1-3-4-5-6-7-8-9-10-11-12-13-14-15-16-17-22-32(37)33-30-20-18-19-21-31(30)36(34(33)41-35(38)39)27-28-23-25-29(40-2)26-24-28/h18-21,23-26H,3-17,22,27H2,1-2H3,(H,38,39). The van der Waals surface area contributed by atoms with Crippen LogP contribution in [0.3, 0.4) is 0 Å². The third-order valence-corrected chi connectivity index (χ3v) is 7.89. The number of methoxy groups -OCH3 is 1. The zero-order valence-electron chi connectivity index (χ0n) is 25.2. The number of fused-ring (bicyclic) bond motifs is 1. The summed E-state index contributed by atoms with van der Waals surface area (Å²) in [6, 6.07) is 15.1. The molecule has 6 heteroatoms. The highest BCUT2D eigenvalue weighted by Crippen LogP contribution is 2.35. The first-order chi connectivity index (χ1) is 20.0. The van der Waals surface area contributed by atoms with Gasteiger partial charge in [-0.3, -0.25) is 4.79 Å². The first-order valence-corrected chi connectivity index (χ1v) is 15.7. The van der Waals surface area contributed by atoms with Gasteiger partial charge in [0.25, 0.3) is 0 Å². The Morgan fingerprint density at radius 3 is 1.80 bits per heavy atom. The van der Waals surface area contributed by atoms with E-state index in [0.29, 0.717) is 18.5 Å². The zero-order chi connectivity index (χ0) is 29.3. The molecule has 6 nitrogen and oxygen atoms in total. The lowest BCUT2D eigenvalue weighted by molar-refractivity contribution is 0.0975. The molecule has 41 heavy (non-hydrogen) atoms. The van der Waals surface area contributed by atoms with Gasteiger partial charge in [0.1, 0.15) is 5.75 Å². The molecule has 224 valence electrons. The second kappa shape index (κ2) is 18.2. The van der Waals surface area contributed by atoms with E-state index < -0.39 is 6.16 Å². The highest BCUT2D eigenvalue weighted by Gasteiger charge is 2.25. The first kappa shape index (κ1) is 32.2. The van der Waals surface area contributed by atoms with Crippen LogP contribution < -0.4 is 9.47 Å². The Kier molecular flexibility index (Phi) is 14.3. The van der Waals surface area contributed by atoms with E-state index in [1.807, 2.05) is 48.5 Å². The van der Waals surface area contributed by atoms with Crippen molar-refractivity contribution in [3.8, 4) is 11.6 Å². The van der Waals surface area contributed by atoms with E-state index in [1.165, 1.54) is 77.0 Å². The van der Waals surface area contributed by atoms with E-state index >= 15 is 0 Å². The van der Waals surface area contributed by atoms with Gasteiger partial charge in [0.2, 0.25) is 5.88 Å². The topological polar surface area (TPSA) is 77.8 Å². The van der Waals surface area contributed by atoms with Crippen LogP contribution in [0, 0.1) is 0 Å². The lowest BCUT2D eigenvalue weighted by Gasteiger charge is -2.11. The molecule has 1 heterocycles. The molecule has 0 spiro atoms. The normalized spacial score (nSPS) is 11.2. The quantitative estimate of drug-likeness (QED) is 0.0792. The van der Waals surface area contributed by atoms with Crippen LogP contribution in [0.1, 0.15) is 126 Å². The molecule has 3 rings (SSSR count). The highest BCUT2D eigenvalue weighted by molar-refractivity contribution is 6.11. The van der Waals surface area contributed by atoms with Gasteiger partial charge in [-0.05, 0) is 30.2 Å². The van der Waals surface area contributed by atoms with Gasteiger partial charge in [0.05, 0.1) is 24.7 Å². The number of unbranched alkanes of at least 4 members (excludes halogenated alkanes) is 14. The molecular weight excluding hydrogens is 514 g/mol. The average Bonchev–Trinajstić information content (AvgIpc) is 3.27. The fourth-order valence-corrected chi connectivity index (χ4v) is 5.59. The molecule has 0 radical (unpaired) electrons. The second-order valence-corrected chi connectivity index (χ2v) is 11.1. The number of carboxylic acid groups (broad SMARTS) is 1. The summed E-state index contributed by atoms with van der Waals surface area (Å²) in [6.07, 6.45) is 18.0. The number of Topliss-reactive ketones (excluding diaryl/α,β-unsaturated/α-hetero) is 1. The Morgan fingerprint density at radius 1 is 0.732 bits per heavy atom. The van der Waals surface area contributed by atoms with Crippen LogP contribution in [-0.4, -0.2) is 28.7 Å². The van der Waals surface area contributed by atoms with Crippen molar-refractivity contribution in [1.82, 2.24) is 4.57 Å². The van der Waals surface area contributed by atoms with Gasteiger partial charge in [0, 0.05) is 11.8 Å². The summed E-state index contributed by atoms with van der Waals surface area (Å²) < 4.78 is 12.3. The maximum absolute atomic E-state index is 13.4. The van der Waals surface area contributed by atoms with Crippen LogP contribution in [0.2, 0.25) is 0 Å². The number of rotatable bonds is 21. The van der Waals surface area contributed by atoms with E-state index in [4.69, 9.17) is 9.47 Å².